The Hall–Kier alpha value is -3.42. The predicted molar refractivity (Wildman–Crippen MR) is 101 cm³/mol. The normalized spacial score (nSPS) is 10.6. The molecule has 0 saturated carbocycles. The van der Waals surface area contributed by atoms with Crippen molar-refractivity contribution < 1.29 is 9.59 Å². The zero-order valence-corrected chi connectivity index (χ0v) is 15.3. The number of nitrogens with one attached hydrogen (secondary N) is 2. The lowest BCUT2D eigenvalue weighted by atomic mass is 10.1. The highest BCUT2D eigenvalue weighted by Crippen LogP contribution is 2.15. The molecule has 8 heteroatoms. The first-order valence-electron chi connectivity index (χ1n) is 8.64. The molecule has 0 aliphatic heterocycles. The minimum atomic E-state index is -0.308. The highest BCUT2D eigenvalue weighted by atomic mass is 16.2. The molecule has 2 N–H and O–H groups in total. The van der Waals surface area contributed by atoms with Crippen LogP contribution >= 0.6 is 0 Å². The maximum atomic E-state index is 12.5. The number of amides is 2. The number of carbonyl (C=O) groups excluding carboxylic acids is 2. The van der Waals surface area contributed by atoms with Gasteiger partial charge in [0.15, 0.2) is 0 Å². The summed E-state index contributed by atoms with van der Waals surface area (Å²) in [5, 5.41) is 13.8. The van der Waals surface area contributed by atoms with Gasteiger partial charge >= 0.3 is 0 Å². The van der Waals surface area contributed by atoms with Crippen LogP contribution < -0.4 is 10.6 Å². The molecule has 27 heavy (non-hydrogen) atoms. The summed E-state index contributed by atoms with van der Waals surface area (Å²) in [7, 11) is 3.48. The van der Waals surface area contributed by atoms with E-state index in [0.717, 1.165) is 11.1 Å². The fraction of sp³-hybridized carbons (Fsp3) is 0.263. The van der Waals surface area contributed by atoms with E-state index in [1.165, 1.54) is 10.9 Å². The Balaban J connectivity index is 1.59. The first-order chi connectivity index (χ1) is 13.0. The summed E-state index contributed by atoms with van der Waals surface area (Å²) in [6.45, 7) is 0.346. The van der Waals surface area contributed by atoms with Gasteiger partial charge in [0.1, 0.15) is 5.69 Å². The number of nitrogens with zero attached hydrogens (tertiary/aromatic N) is 4. The molecule has 0 aliphatic carbocycles. The molecule has 8 nitrogen and oxygen atoms in total. The molecule has 2 heterocycles. The van der Waals surface area contributed by atoms with Crippen molar-refractivity contribution in [3.8, 4) is 0 Å². The van der Waals surface area contributed by atoms with E-state index >= 15 is 0 Å². The summed E-state index contributed by atoms with van der Waals surface area (Å²) in [6.07, 6.45) is 5.97. The second-order valence-electron chi connectivity index (χ2n) is 6.27. The predicted octanol–water partition coefficient (Wildman–Crippen LogP) is 1.65. The fourth-order valence-electron chi connectivity index (χ4n) is 2.74. The van der Waals surface area contributed by atoms with Crippen molar-refractivity contribution in [2.45, 2.75) is 19.4 Å². The molecule has 140 valence electrons. The molecule has 1 aromatic carbocycles. The molecule has 0 spiro atoms. The van der Waals surface area contributed by atoms with Gasteiger partial charge in [0, 0.05) is 38.8 Å². The standard InChI is InChI=1S/C19H22N6O2/c1-24-13-15(11-21-24)10-20-19(27)18-16(12-22-25(18)2)23-17(26)9-8-14-6-4-3-5-7-14/h3-7,11-13H,8-10H2,1-2H3,(H,20,27)(H,23,26). The molecular weight excluding hydrogens is 344 g/mol. The summed E-state index contributed by atoms with van der Waals surface area (Å²) in [6, 6.07) is 9.79. The summed E-state index contributed by atoms with van der Waals surface area (Å²) < 4.78 is 3.12. The van der Waals surface area contributed by atoms with Crippen LogP contribution in [0.15, 0.2) is 48.9 Å². The van der Waals surface area contributed by atoms with Crippen molar-refractivity contribution >= 4 is 17.5 Å². The van der Waals surface area contributed by atoms with Crippen molar-refractivity contribution in [2.75, 3.05) is 5.32 Å². The number of hydrogen-bond acceptors (Lipinski definition) is 4. The van der Waals surface area contributed by atoms with Gasteiger partial charge in [-0.25, -0.2) is 0 Å². The fourth-order valence-corrected chi connectivity index (χ4v) is 2.74. The highest BCUT2D eigenvalue weighted by Gasteiger charge is 2.18. The molecule has 0 fully saturated rings. The SMILES string of the molecule is Cn1cc(CNC(=O)c2c(NC(=O)CCc3ccccc3)cnn2C)cn1. The molecule has 3 rings (SSSR count). The lowest BCUT2D eigenvalue weighted by Gasteiger charge is -2.08. The molecule has 2 amide bonds. The molecule has 0 aliphatic rings. The first-order valence-corrected chi connectivity index (χ1v) is 8.64. The molecule has 0 atom stereocenters. The van der Waals surface area contributed by atoms with Crippen LogP contribution in [0.1, 0.15) is 28.0 Å². The molecule has 0 bridgehead atoms. The van der Waals surface area contributed by atoms with Gasteiger partial charge in [-0.2, -0.15) is 10.2 Å². The van der Waals surface area contributed by atoms with Crippen molar-refractivity contribution in [1.82, 2.24) is 24.9 Å². The monoisotopic (exact) mass is 366 g/mol. The maximum Gasteiger partial charge on any atom is 0.271 e. The minimum absolute atomic E-state index is 0.159. The Morgan fingerprint density at radius 1 is 1.04 bits per heavy atom. The molecular formula is C19H22N6O2. The first kappa shape index (κ1) is 18.4. The maximum absolute atomic E-state index is 12.5. The average Bonchev–Trinajstić information content (AvgIpc) is 3.24. The summed E-state index contributed by atoms with van der Waals surface area (Å²) in [5.41, 5.74) is 2.70. The summed E-state index contributed by atoms with van der Waals surface area (Å²) in [5.74, 6) is -0.467. The third kappa shape index (κ3) is 4.81. The number of anilines is 1. The van der Waals surface area contributed by atoms with E-state index in [-0.39, 0.29) is 11.8 Å². The van der Waals surface area contributed by atoms with Gasteiger partial charge in [-0.15, -0.1) is 0 Å². The van der Waals surface area contributed by atoms with Gasteiger partial charge in [0.25, 0.3) is 5.91 Å². The van der Waals surface area contributed by atoms with E-state index in [1.54, 1.807) is 17.9 Å². The van der Waals surface area contributed by atoms with Crippen LogP contribution in [-0.4, -0.2) is 31.4 Å². The quantitative estimate of drug-likeness (QED) is 0.665. The topological polar surface area (TPSA) is 93.8 Å². The van der Waals surface area contributed by atoms with E-state index < -0.39 is 0 Å². The largest absolute Gasteiger partial charge is 0.346 e. The lowest BCUT2D eigenvalue weighted by molar-refractivity contribution is -0.116. The van der Waals surface area contributed by atoms with Gasteiger partial charge in [-0.1, -0.05) is 30.3 Å². The van der Waals surface area contributed by atoms with Crippen LogP contribution in [0.4, 0.5) is 5.69 Å². The second kappa shape index (κ2) is 8.31. The lowest BCUT2D eigenvalue weighted by Crippen LogP contribution is -2.26. The van der Waals surface area contributed by atoms with Crippen LogP contribution in [-0.2, 0) is 31.9 Å². The average molecular weight is 366 g/mol. The van der Waals surface area contributed by atoms with Gasteiger partial charge in [0.05, 0.1) is 18.1 Å². The van der Waals surface area contributed by atoms with Gasteiger partial charge in [-0.3, -0.25) is 19.0 Å². The summed E-state index contributed by atoms with van der Waals surface area (Å²) >= 11 is 0. The van der Waals surface area contributed by atoms with Gasteiger partial charge in [0.2, 0.25) is 5.91 Å². The number of aryl methyl sites for hydroxylation is 3. The van der Waals surface area contributed by atoms with Crippen molar-refractivity contribution in [3.63, 3.8) is 0 Å². The van der Waals surface area contributed by atoms with Gasteiger partial charge in [-0.05, 0) is 12.0 Å². The van der Waals surface area contributed by atoms with Crippen LogP contribution in [0.2, 0.25) is 0 Å². The van der Waals surface area contributed by atoms with Crippen molar-refractivity contribution in [1.29, 1.82) is 0 Å². The van der Waals surface area contributed by atoms with E-state index in [1.807, 2.05) is 43.6 Å². The zero-order valence-electron chi connectivity index (χ0n) is 15.3. The number of rotatable bonds is 7. The Morgan fingerprint density at radius 3 is 2.52 bits per heavy atom. The third-order valence-electron chi connectivity index (χ3n) is 4.12. The molecule has 3 aromatic rings. The molecule has 0 radical (unpaired) electrons. The van der Waals surface area contributed by atoms with Crippen molar-refractivity contribution in [3.05, 3.63) is 65.7 Å². The van der Waals surface area contributed by atoms with E-state index in [0.29, 0.717) is 30.8 Å². The second-order valence-corrected chi connectivity index (χ2v) is 6.27. The minimum Gasteiger partial charge on any atom is -0.346 e. The molecule has 0 saturated heterocycles. The van der Waals surface area contributed by atoms with Gasteiger partial charge < -0.3 is 10.6 Å². The highest BCUT2D eigenvalue weighted by molar-refractivity contribution is 6.02. The van der Waals surface area contributed by atoms with E-state index in [2.05, 4.69) is 20.8 Å². The van der Waals surface area contributed by atoms with E-state index in [9.17, 15) is 9.59 Å². The Bertz CT molecular complexity index is 929. The Morgan fingerprint density at radius 2 is 1.81 bits per heavy atom. The smallest absolute Gasteiger partial charge is 0.271 e. The van der Waals surface area contributed by atoms with Crippen LogP contribution in [0.25, 0.3) is 0 Å². The summed E-state index contributed by atoms with van der Waals surface area (Å²) in [4.78, 5) is 24.8. The molecule has 0 unspecified atom stereocenters. The Kier molecular flexibility index (Phi) is 5.65. The van der Waals surface area contributed by atoms with Crippen molar-refractivity contribution in [2.24, 2.45) is 14.1 Å². The van der Waals surface area contributed by atoms with E-state index in [4.69, 9.17) is 0 Å². The zero-order chi connectivity index (χ0) is 19.2. The van der Waals surface area contributed by atoms with Crippen LogP contribution in [0.5, 0.6) is 0 Å². The van der Waals surface area contributed by atoms with Crippen LogP contribution in [0.3, 0.4) is 0 Å². The third-order valence-corrected chi connectivity index (χ3v) is 4.12. The number of benzene rings is 1. The number of carbonyl (C=O) groups is 2. The van der Waals surface area contributed by atoms with Crippen LogP contribution in [0, 0.1) is 0 Å². The number of hydrogen-bond donors (Lipinski definition) is 2. The number of aromatic nitrogens is 4. The molecule has 2 aromatic heterocycles. The Labute approximate surface area is 157 Å².